The topological polar surface area (TPSA) is 76.0 Å². The number of aliphatic hydroxyl groups is 1. The van der Waals surface area contributed by atoms with Crippen molar-refractivity contribution in [3.05, 3.63) is 24.3 Å². The van der Waals surface area contributed by atoms with Gasteiger partial charge in [-0.2, -0.15) is 0 Å². The molecule has 5 heteroatoms. The molecule has 0 bridgehead atoms. The van der Waals surface area contributed by atoms with Crippen molar-refractivity contribution in [2.75, 3.05) is 0 Å². The van der Waals surface area contributed by atoms with Gasteiger partial charge in [0.05, 0.1) is 11.8 Å². The monoisotopic (exact) mass is 280 g/mol. The van der Waals surface area contributed by atoms with Crippen LogP contribution in [0, 0.1) is 17.8 Å². The fourth-order valence-electron chi connectivity index (χ4n) is 4.00. The van der Waals surface area contributed by atoms with Crippen molar-refractivity contribution in [1.29, 1.82) is 0 Å². The van der Waals surface area contributed by atoms with Gasteiger partial charge in [-0.3, -0.25) is 10.1 Å². The van der Waals surface area contributed by atoms with Crippen LogP contribution in [0.3, 0.4) is 0 Å². The Balaban J connectivity index is 2.09. The Morgan fingerprint density at radius 1 is 1.50 bits per heavy atom. The van der Waals surface area contributed by atoms with Gasteiger partial charge in [0, 0.05) is 5.92 Å². The second-order valence-corrected chi connectivity index (χ2v) is 6.41. The molecule has 5 nitrogen and oxygen atoms in total. The molecule has 0 aromatic heterocycles. The number of carbonyl (C=O) groups excluding carboxylic acids is 1. The molecule has 0 spiro atoms. The van der Waals surface area contributed by atoms with Gasteiger partial charge in [-0.15, -0.1) is 0 Å². The highest BCUT2D eigenvalue weighted by Gasteiger charge is 2.63. The molecule has 0 unspecified atom stereocenters. The molecule has 3 rings (SSSR count). The Labute approximate surface area is 117 Å². The normalized spacial score (nSPS) is 50.6. The molecule has 0 aromatic carbocycles. The zero-order chi connectivity index (χ0) is 14.7. The maximum absolute atomic E-state index is 11.9. The van der Waals surface area contributed by atoms with Crippen molar-refractivity contribution in [2.24, 2.45) is 17.8 Å². The number of ether oxygens (including phenoxy) is 1. The molecule has 1 saturated carbocycles. The van der Waals surface area contributed by atoms with Crippen LogP contribution in [-0.2, 0) is 14.4 Å². The zero-order valence-electron chi connectivity index (χ0n) is 11.7. The fourth-order valence-corrected chi connectivity index (χ4v) is 4.00. The predicted octanol–water partition coefficient (Wildman–Crippen LogP) is 1.68. The third-order valence-electron chi connectivity index (χ3n) is 5.32. The third kappa shape index (κ3) is 1.57. The summed E-state index contributed by atoms with van der Waals surface area (Å²) < 4.78 is 5.51. The SMILES string of the molecule is C=C1CC[C@@H]2[C@H](OC(=O)[C@H]2C)[C@H]2[C@](C)(OO)C=C[C@@]12O. The van der Waals surface area contributed by atoms with E-state index in [1.165, 1.54) is 0 Å². The van der Waals surface area contributed by atoms with E-state index < -0.39 is 23.2 Å². The summed E-state index contributed by atoms with van der Waals surface area (Å²) in [6.07, 6.45) is 4.12. The van der Waals surface area contributed by atoms with E-state index in [0.29, 0.717) is 12.0 Å². The Morgan fingerprint density at radius 2 is 2.20 bits per heavy atom. The van der Waals surface area contributed by atoms with Gasteiger partial charge in [-0.1, -0.05) is 19.6 Å². The van der Waals surface area contributed by atoms with Crippen molar-refractivity contribution < 1.29 is 24.8 Å². The number of hydrogen-bond donors (Lipinski definition) is 2. The van der Waals surface area contributed by atoms with Crippen LogP contribution in [0.25, 0.3) is 0 Å². The maximum Gasteiger partial charge on any atom is 0.309 e. The van der Waals surface area contributed by atoms with Crippen LogP contribution in [0.5, 0.6) is 0 Å². The predicted molar refractivity (Wildman–Crippen MR) is 70.6 cm³/mol. The van der Waals surface area contributed by atoms with Crippen LogP contribution in [0.15, 0.2) is 24.3 Å². The van der Waals surface area contributed by atoms with Crippen molar-refractivity contribution >= 4 is 5.97 Å². The molecule has 0 aromatic rings. The lowest BCUT2D eigenvalue weighted by molar-refractivity contribution is -0.327. The van der Waals surface area contributed by atoms with E-state index in [1.807, 2.05) is 6.92 Å². The quantitative estimate of drug-likeness (QED) is 0.331. The van der Waals surface area contributed by atoms with Crippen LogP contribution >= 0.6 is 0 Å². The van der Waals surface area contributed by atoms with Crippen molar-refractivity contribution in [1.82, 2.24) is 0 Å². The second-order valence-electron chi connectivity index (χ2n) is 6.41. The van der Waals surface area contributed by atoms with Crippen LogP contribution in [-0.4, -0.2) is 33.6 Å². The molecule has 1 aliphatic heterocycles. The molecule has 1 saturated heterocycles. The van der Waals surface area contributed by atoms with Gasteiger partial charge < -0.3 is 9.84 Å². The van der Waals surface area contributed by atoms with Gasteiger partial charge in [-0.25, -0.2) is 4.89 Å². The largest absolute Gasteiger partial charge is 0.461 e. The molecule has 110 valence electrons. The number of rotatable bonds is 1. The van der Waals surface area contributed by atoms with Gasteiger partial charge >= 0.3 is 5.97 Å². The van der Waals surface area contributed by atoms with E-state index in [4.69, 9.17) is 4.74 Å². The number of fused-ring (bicyclic) bond motifs is 3. The highest BCUT2D eigenvalue weighted by atomic mass is 17.1. The van der Waals surface area contributed by atoms with Crippen LogP contribution in [0.4, 0.5) is 0 Å². The average Bonchev–Trinajstić information content (AvgIpc) is 2.80. The van der Waals surface area contributed by atoms with E-state index in [1.54, 1.807) is 19.1 Å². The number of carbonyl (C=O) groups is 1. The van der Waals surface area contributed by atoms with Crippen molar-refractivity contribution in [3.63, 3.8) is 0 Å². The highest BCUT2D eigenvalue weighted by molar-refractivity contribution is 5.75. The molecular weight excluding hydrogens is 260 g/mol. The number of esters is 1. The first-order chi connectivity index (χ1) is 9.33. The first kappa shape index (κ1) is 13.8. The van der Waals surface area contributed by atoms with Gasteiger partial charge in [0.1, 0.15) is 17.3 Å². The van der Waals surface area contributed by atoms with Gasteiger partial charge in [0.2, 0.25) is 0 Å². The van der Waals surface area contributed by atoms with Crippen LogP contribution in [0.2, 0.25) is 0 Å². The van der Waals surface area contributed by atoms with Gasteiger partial charge in [0.25, 0.3) is 0 Å². The summed E-state index contributed by atoms with van der Waals surface area (Å²) in [6.45, 7) is 7.51. The molecular formula is C15H20O5. The summed E-state index contributed by atoms with van der Waals surface area (Å²) in [5, 5.41) is 20.3. The third-order valence-corrected chi connectivity index (χ3v) is 5.32. The molecule has 2 fully saturated rings. The lowest BCUT2D eigenvalue weighted by Gasteiger charge is -2.39. The average molecular weight is 280 g/mol. The maximum atomic E-state index is 11.9. The summed E-state index contributed by atoms with van der Waals surface area (Å²) in [7, 11) is 0. The fraction of sp³-hybridized carbons (Fsp3) is 0.667. The smallest absolute Gasteiger partial charge is 0.309 e. The molecule has 3 aliphatic rings. The summed E-state index contributed by atoms with van der Waals surface area (Å²) in [6, 6.07) is 0. The zero-order valence-corrected chi connectivity index (χ0v) is 11.7. The first-order valence-electron chi connectivity index (χ1n) is 6.97. The second kappa shape index (κ2) is 4.16. The Kier molecular flexibility index (Phi) is 2.87. The number of hydrogen-bond acceptors (Lipinski definition) is 5. The summed E-state index contributed by atoms with van der Waals surface area (Å²) in [5.41, 5.74) is -1.71. The Morgan fingerprint density at radius 3 is 2.85 bits per heavy atom. The van der Waals surface area contributed by atoms with E-state index >= 15 is 0 Å². The molecule has 1 heterocycles. The van der Waals surface area contributed by atoms with Crippen molar-refractivity contribution in [3.8, 4) is 0 Å². The molecule has 2 N–H and O–H groups in total. The van der Waals surface area contributed by atoms with Crippen LogP contribution in [0.1, 0.15) is 26.7 Å². The molecule has 20 heavy (non-hydrogen) atoms. The lowest BCUT2D eigenvalue weighted by atomic mass is 9.73. The summed E-state index contributed by atoms with van der Waals surface area (Å²) in [5.74, 6) is -1.03. The standard InChI is InChI=1S/C15H20O5/c1-8-4-5-10-9(2)13(16)19-11(10)12-14(3,20-18)6-7-15(8,12)17/h6-7,9-12,17-18H,1,4-5H2,2-3H3/t9-,10-,11-,12-,14+,15+/m0/s1. The van der Waals surface area contributed by atoms with Crippen molar-refractivity contribution in [2.45, 2.75) is 44.0 Å². The first-order valence-corrected chi connectivity index (χ1v) is 6.97. The minimum Gasteiger partial charge on any atom is -0.461 e. The summed E-state index contributed by atoms with van der Waals surface area (Å²) in [4.78, 5) is 16.5. The molecule has 6 atom stereocenters. The van der Waals surface area contributed by atoms with E-state index in [2.05, 4.69) is 11.5 Å². The van der Waals surface area contributed by atoms with E-state index in [-0.39, 0.29) is 17.8 Å². The Bertz CT molecular complexity index is 498. The highest BCUT2D eigenvalue weighted by Crippen LogP contribution is 2.54. The van der Waals surface area contributed by atoms with E-state index in [9.17, 15) is 15.2 Å². The lowest BCUT2D eigenvalue weighted by Crippen LogP contribution is -2.52. The molecule has 2 aliphatic carbocycles. The minimum atomic E-state index is -1.30. The summed E-state index contributed by atoms with van der Waals surface area (Å²) >= 11 is 0. The van der Waals surface area contributed by atoms with E-state index in [0.717, 1.165) is 6.42 Å². The molecule has 0 amide bonds. The minimum absolute atomic E-state index is 0.00708. The Hall–Kier alpha value is -1.17. The van der Waals surface area contributed by atoms with Gasteiger partial charge in [-0.05, 0) is 31.4 Å². The van der Waals surface area contributed by atoms with Gasteiger partial charge in [0.15, 0.2) is 0 Å². The van der Waals surface area contributed by atoms with Crippen LogP contribution < -0.4 is 0 Å². The molecule has 0 radical (unpaired) electrons.